The third kappa shape index (κ3) is 7.94. The number of hydrogen-bond acceptors (Lipinski definition) is 9. The maximum absolute atomic E-state index is 12.2. The predicted octanol–water partition coefficient (Wildman–Crippen LogP) is 1.61. The van der Waals surface area contributed by atoms with Crippen molar-refractivity contribution in [2.75, 3.05) is 18.2 Å². The van der Waals surface area contributed by atoms with Crippen molar-refractivity contribution in [1.82, 2.24) is 26.4 Å². The van der Waals surface area contributed by atoms with Crippen LogP contribution in [0.3, 0.4) is 0 Å². The summed E-state index contributed by atoms with van der Waals surface area (Å²) in [6.07, 6.45) is 0.644. The van der Waals surface area contributed by atoms with Crippen LogP contribution in [-0.4, -0.2) is 46.9 Å². The van der Waals surface area contributed by atoms with Crippen molar-refractivity contribution in [3.63, 3.8) is 0 Å². The highest BCUT2D eigenvalue weighted by atomic mass is 32.2. The zero-order valence-electron chi connectivity index (χ0n) is 17.3. The molecular formula is C18H25N7O4S2. The zero-order valence-corrected chi connectivity index (χ0v) is 18.9. The number of carbonyl (C=O) groups excluding carboxylic acids is 3. The van der Waals surface area contributed by atoms with Crippen molar-refractivity contribution in [1.29, 1.82) is 0 Å². The molecule has 1 aromatic heterocycles. The van der Waals surface area contributed by atoms with Gasteiger partial charge < -0.3 is 21.1 Å². The molecule has 0 radical (unpaired) electrons. The highest BCUT2D eigenvalue weighted by molar-refractivity contribution is 8.01. The van der Waals surface area contributed by atoms with Gasteiger partial charge in [-0.2, -0.15) is 0 Å². The summed E-state index contributed by atoms with van der Waals surface area (Å²) in [5.41, 5.74) is 10.5. The van der Waals surface area contributed by atoms with E-state index in [2.05, 4.69) is 31.7 Å². The van der Waals surface area contributed by atoms with E-state index in [1.807, 2.05) is 31.2 Å². The maximum atomic E-state index is 12.2. The third-order valence-corrected chi connectivity index (χ3v) is 6.14. The number of carbonyl (C=O) groups is 3. The molecule has 0 fully saturated rings. The van der Waals surface area contributed by atoms with Gasteiger partial charge >= 0.3 is 6.03 Å². The first-order valence-corrected chi connectivity index (χ1v) is 11.1. The normalized spacial score (nSPS) is 12.4. The second-order valence-corrected chi connectivity index (χ2v) is 8.63. The van der Waals surface area contributed by atoms with Crippen molar-refractivity contribution >= 4 is 51.8 Å². The molecule has 0 spiro atoms. The molecule has 0 aliphatic heterocycles. The van der Waals surface area contributed by atoms with E-state index in [0.717, 1.165) is 5.69 Å². The number of urea groups is 1. The molecule has 13 heteroatoms. The minimum Gasteiger partial charge on any atom is -0.497 e. The molecule has 31 heavy (non-hydrogen) atoms. The van der Waals surface area contributed by atoms with Crippen LogP contribution >= 0.6 is 23.1 Å². The maximum Gasteiger partial charge on any atom is 0.312 e. The van der Waals surface area contributed by atoms with E-state index in [1.165, 1.54) is 23.1 Å². The fourth-order valence-corrected chi connectivity index (χ4v) is 3.94. The Morgan fingerprint density at radius 1 is 1.26 bits per heavy atom. The van der Waals surface area contributed by atoms with Crippen LogP contribution in [0.1, 0.15) is 20.3 Å². The Labute approximate surface area is 187 Å². The molecule has 1 heterocycles. The summed E-state index contributed by atoms with van der Waals surface area (Å²) in [4.78, 5) is 35.4. The minimum absolute atomic E-state index is 0.0192. The number of benzene rings is 1. The summed E-state index contributed by atoms with van der Waals surface area (Å²) < 4.78 is 5.76. The van der Waals surface area contributed by atoms with Gasteiger partial charge in [0, 0.05) is 11.8 Å². The van der Waals surface area contributed by atoms with Crippen LogP contribution in [0.25, 0.3) is 0 Å². The van der Waals surface area contributed by atoms with E-state index < -0.39 is 23.9 Å². The van der Waals surface area contributed by atoms with Gasteiger partial charge in [-0.1, -0.05) is 49.4 Å². The van der Waals surface area contributed by atoms with Gasteiger partial charge in [-0.15, -0.1) is 10.2 Å². The zero-order chi connectivity index (χ0) is 22.8. The number of anilines is 2. The summed E-state index contributed by atoms with van der Waals surface area (Å²) in [7, 11) is 1.59. The summed E-state index contributed by atoms with van der Waals surface area (Å²) in [6, 6.07) is 5.72. The van der Waals surface area contributed by atoms with Crippen molar-refractivity contribution in [2.45, 2.75) is 30.6 Å². The van der Waals surface area contributed by atoms with E-state index >= 15 is 0 Å². The first-order chi connectivity index (χ1) is 14.8. The number of amides is 4. The minimum atomic E-state index is -0.844. The van der Waals surface area contributed by atoms with E-state index in [9.17, 15) is 14.4 Å². The summed E-state index contributed by atoms with van der Waals surface area (Å²) >= 11 is 2.46. The highest BCUT2D eigenvalue weighted by Gasteiger charge is 2.25. The Morgan fingerprint density at radius 3 is 2.71 bits per heavy atom. The van der Waals surface area contributed by atoms with Crippen LogP contribution in [-0.2, 0) is 9.59 Å². The molecule has 1 aromatic carbocycles. The Bertz CT molecular complexity index is 909. The molecule has 0 unspecified atom stereocenters. The number of nitrogens with one attached hydrogen (secondary N) is 4. The first kappa shape index (κ1) is 24.2. The van der Waals surface area contributed by atoms with Crippen LogP contribution in [0.15, 0.2) is 28.6 Å². The molecule has 11 nitrogen and oxygen atoms in total. The molecular weight excluding hydrogens is 442 g/mol. The van der Waals surface area contributed by atoms with Crippen molar-refractivity contribution < 1.29 is 19.1 Å². The van der Waals surface area contributed by atoms with E-state index in [-0.39, 0.29) is 11.7 Å². The standard InChI is InChI=1S/C18H25N7O4S2/c1-4-10(2)14(21-16(19)28)15(27)23-22-13(26)9-30-18-25-24-17(31-18)20-11-6-5-7-12(8-11)29-3/h5-8,10,14H,4,9H2,1-3H3,(H,20,24)(H,22,26)(H,23,27)(H3,19,21,28)/t10-,14-/m0/s1. The molecule has 168 valence electrons. The number of primary amides is 1. The average Bonchev–Trinajstić information content (AvgIpc) is 3.21. The smallest absolute Gasteiger partial charge is 0.312 e. The number of ether oxygens (including phenoxy) is 1. The summed E-state index contributed by atoms with van der Waals surface area (Å²) in [5.74, 6) is -0.407. The highest BCUT2D eigenvalue weighted by Crippen LogP contribution is 2.28. The number of hydrazine groups is 1. The molecule has 0 aliphatic carbocycles. The number of methoxy groups -OCH3 is 1. The number of nitrogens with zero attached hydrogens (tertiary/aromatic N) is 2. The molecule has 0 saturated heterocycles. The quantitative estimate of drug-likeness (QED) is 0.260. The number of aromatic nitrogens is 2. The molecule has 2 aromatic rings. The van der Waals surface area contributed by atoms with Crippen molar-refractivity contribution in [3.05, 3.63) is 24.3 Å². The molecule has 6 N–H and O–H groups in total. The lowest BCUT2D eigenvalue weighted by molar-refractivity contribution is -0.129. The van der Waals surface area contributed by atoms with Crippen molar-refractivity contribution in [3.8, 4) is 5.75 Å². The Kier molecular flexibility index (Phi) is 9.34. The Morgan fingerprint density at radius 2 is 2.03 bits per heavy atom. The van der Waals surface area contributed by atoms with Crippen LogP contribution in [0.4, 0.5) is 15.6 Å². The topological polar surface area (TPSA) is 160 Å². The van der Waals surface area contributed by atoms with Gasteiger partial charge in [0.2, 0.25) is 11.0 Å². The second kappa shape index (κ2) is 12.0. The third-order valence-electron chi connectivity index (χ3n) is 4.17. The number of rotatable bonds is 10. The molecule has 4 amide bonds. The number of nitrogens with two attached hydrogens (primary N) is 1. The molecule has 2 rings (SSSR count). The lowest BCUT2D eigenvalue weighted by atomic mass is 9.99. The number of hydrogen-bond donors (Lipinski definition) is 5. The van der Waals surface area contributed by atoms with Gasteiger partial charge in [0.25, 0.3) is 5.91 Å². The van der Waals surface area contributed by atoms with Crippen molar-refractivity contribution in [2.24, 2.45) is 11.7 Å². The van der Waals surface area contributed by atoms with E-state index in [0.29, 0.717) is 21.6 Å². The van der Waals surface area contributed by atoms with Crippen LogP contribution < -0.4 is 32.0 Å². The largest absolute Gasteiger partial charge is 0.497 e. The Hall–Kier alpha value is -3.06. The van der Waals surface area contributed by atoms with Gasteiger partial charge in [-0.3, -0.25) is 20.4 Å². The summed E-state index contributed by atoms with van der Waals surface area (Å²) in [6.45, 7) is 3.67. The van der Waals surface area contributed by atoms with Crippen LogP contribution in [0, 0.1) is 5.92 Å². The van der Waals surface area contributed by atoms with E-state index in [4.69, 9.17) is 10.5 Å². The first-order valence-electron chi connectivity index (χ1n) is 9.34. The van der Waals surface area contributed by atoms with Gasteiger partial charge in [-0.05, 0) is 18.1 Å². The number of thioether (sulfide) groups is 1. The second-order valence-electron chi connectivity index (χ2n) is 6.43. The fourth-order valence-electron chi connectivity index (χ4n) is 2.37. The van der Waals surface area contributed by atoms with Crippen LogP contribution in [0.5, 0.6) is 5.75 Å². The SMILES string of the molecule is CC[C@H](C)[C@H](NC(N)=O)C(=O)NNC(=O)CSc1nnc(Nc2cccc(OC)c2)s1. The average molecular weight is 468 g/mol. The lowest BCUT2D eigenvalue weighted by Crippen LogP contribution is -2.55. The summed E-state index contributed by atoms with van der Waals surface area (Å²) in [5, 5.41) is 14.1. The fraction of sp³-hybridized carbons (Fsp3) is 0.389. The predicted molar refractivity (Wildman–Crippen MR) is 119 cm³/mol. The van der Waals surface area contributed by atoms with Gasteiger partial charge in [0.05, 0.1) is 12.9 Å². The molecule has 0 bridgehead atoms. The molecule has 0 saturated carbocycles. The van der Waals surface area contributed by atoms with Crippen LogP contribution in [0.2, 0.25) is 0 Å². The Balaban J connectivity index is 1.80. The monoisotopic (exact) mass is 467 g/mol. The van der Waals surface area contributed by atoms with Gasteiger partial charge in [-0.25, -0.2) is 4.79 Å². The molecule has 2 atom stereocenters. The van der Waals surface area contributed by atoms with E-state index in [1.54, 1.807) is 14.0 Å². The molecule has 0 aliphatic rings. The lowest BCUT2D eigenvalue weighted by Gasteiger charge is -2.22. The van der Waals surface area contributed by atoms with Gasteiger partial charge in [0.15, 0.2) is 4.34 Å². The van der Waals surface area contributed by atoms with Gasteiger partial charge in [0.1, 0.15) is 11.8 Å².